The zero-order valence-electron chi connectivity index (χ0n) is 8.54. The minimum atomic E-state index is 0.391. The number of rotatable bonds is 3. The molecule has 2 N–H and O–H groups in total. The van der Waals surface area contributed by atoms with Gasteiger partial charge in [-0.05, 0) is 25.7 Å². The first-order valence-electron chi connectivity index (χ1n) is 5.64. The fourth-order valence-corrected chi connectivity index (χ4v) is 2.60. The van der Waals surface area contributed by atoms with Gasteiger partial charge in [-0.15, -0.1) is 0 Å². The van der Waals surface area contributed by atoms with Crippen LogP contribution in [0.1, 0.15) is 39.0 Å². The molecule has 2 nitrogen and oxygen atoms in total. The third kappa shape index (κ3) is 2.05. The van der Waals surface area contributed by atoms with Crippen LogP contribution in [0.5, 0.6) is 0 Å². The van der Waals surface area contributed by atoms with E-state index in [1.807, 2.05) is 0 Å². The highest BCUT2D eigenvalue weighted by atomic mass is 16.5. The van der Waals surface area contributed by atoms with Gasteiger partial charge in [0, 0.05) is 18.6 Å². The highest BCUT2D eigenvalue weighted by Crippen LogP contribution is 2.34. The van der Waals surface area contributed by atoms with Crippen molar-refractivity contribution < 1.29 is 4.74 Å². The second-order valence-corrected chi connectivity index (χ2v) is 4.72. The standard InChI is InChI=1S/C11H21NO/c1-8-10(5-6-13-8)11(12)7-9-3-2-4-9/h8-11H,2-7,12H2,1H3. The summed E-state index contributed by atoms with van der Waals surface area (Å²) in [5, 5.41) is 0. The smallest absolute Gasteiger partial charge is 0.0590 e. The third-order valence-corrected chi connectivity index (χ3v) is 3.82. The van der Waals surface area contributed by atoms with Crippen molar-refractivity contribution in [3.8, 4) is 0 Å². The average molecular weight is 183 g/mol. The molecule has 76 valence electrons. The summed E-state index contributed by atoms with van der Waals surface area (Å²) in [7, 11) is 0. The van der Waals surface area contributed by atoms with E-state index in [9.17, 15) is 0 Å². The van der Waals surface area contributed by atoms with E-state index < -0.39 is 0 Å². The quantitative estimate of drug-likeness (QED) is 0.725. The van der Waals surface area contributed by atoms with Crippen molar-refractivity contribution in [2.45, 2.75) is 51.2 Å². The Hall–Kier alpha value is -0.0800. The summed E-state index contributed by atoms with van der Waals surface area (Å²) in [6.45, 7) is 3.09. The molecule has 1 saturated heterocycles. The molecule has 3 unspecified atom stereocenters. The maximum absolute atomic E-state index is 6.20. The van der Waals surface area contributed by atoms with E-state index in [1.165, 1.54) is 32.1 Å². The van der Waals surface area contributed by atoms with Gasteiger partial charge < -0.3 is 10.5 Å². The minimum absolute atomic E-state index is 0.391. The molecule has 0 bridgehead atoms. The van der Waals surface area contributed by atoms with Gasteiger partial charge in [-0.1, -0.05) is 19.3 Å². The fraction of sp³-hybridized carbons (Fsp3) is 1.00. The molecule has 3 atom stereocenters. The lowest BCUT2D eigenvalue weighted by Crippen LogP contribution is -2.37. The molecule has 0 amide bonds. The van der Waals surface area contributed by atoms with Crippen LogP contribution >= 0.6 is 0 Å². The Labute approximate surface area is 80.8 Å². The molecular formula is C11H21NO. The van der Waals surface area contributed by atoms with Crippen LogP contribution in [0.4, 0.5) is 0 Å². The Morgan fingerprint density at radius 1 is 1.38 bits per heavy atom. The number of hydrogen-bond donors (Lipinski definition) is 1. The number of nitrogens with two attached hydrogens (primary N) is 1. The SMILES string of the molecule is CC1OCCC1C(N)CC1CCC1. The van der Waals surface area contributed by atoms with Gasteiger partial charge in [-0.3, -0.25) is 0 Å². The maximum Gasteiger partial charge on any atom is 0.0590 e. The Kier molecular flexibility index (Phi) is 2.89. The zero-order chi connectivity index (χ0) is 9.26. The van der Waals surface area contributed by atoms with E-state index in [0.29, 0.717) is 18.1 Å². The van der Waals surface area contributed by atoms with E-state index in [-0.39, 0.29) is 0 Å². The lowest BCUT2D eigenvalue weighted by Gasteiger charge is -2.31. The monoisotopic (exact) mass is 183 g/mol. The van der Waals surface area contributed by atoms with Crippen LogP contribution in [0.15, 0.2) is 0 Å². The van der Waals surface area contributed by atoms with Gasteiger partial charge in [0.25, 0.3) is 0 Å². The molecule has 2 fully saturated rings. The van der Waals surface area contributed by atoms with Crippen molar-refractivity contribution in [1.29, 1.82) is 0 Å². The van der Waals surface area contributed by atoms with Crippen molar-refractivity contribution in [2.75, 3.05) is 6.61 Å². The summed E-state index contributed by atoms with van der Waals surface area (Å²) in [6, 6.07) is 0.391. The van der Waals surface area contributed by atoms with E-state index in [1.54, 1.807) is 0 Å². The van der Waals surface area contributed by atoms with Gasteiger partial charge in [0.05, 0.1) is 6.10 Å². The minimum Gasteiger partial charge on any atom is -0.378 e. The van der Waals surface area contributed by atoms with Crippen LogP contribution in [0.2, 0.25) is 0 Å². The Balaban J connectivity index is 1.77. The maximum atomic E-state index is 6.20. The fourth-order valence-electron chi connectivity index (χ4n) is 2.60. The van der Waals surface area contributed by atoms with Crippen LogP contribution in [0, 0.1) is 11.8 Å². The van der Waals surface area contributed by atoms with Crippen LogP contribution in [0.25, 0.3) is 0 Å². The lowest BCUT2D eigenvalue weighted by atomic mass is 9.77. The largest absolute Gasteiger partial charge is 0.378 e. The average Bonchev–Trinajstić information content (AvgIpc) is 2.43. The van der Waals surface area contributed by atoms with Crippen LogP contribution < -0.4 is 5.73 Å². The molecule has 1 saturated carbocycles. The van der Waals surface area contributed by atoms with Crippen molar-refractivity contribution in [3.63, 3.8) is 0 Å². The van der Waals surface area contributed by atoms with Crippen LogP contribution in [0.3, 0.4) is 0 Å². The van der Waals surface area contributed by atoms with Gasteiger partial charge in [0.15, 0.2) is 0 Å². The molecule has 0 aromatic heterocycles. The van der Waals surface area contributed by atoms with Gasteiger partial charge in [-0.25, -0.2) is 0 Å². The van der Waals surface area contributed by atoms with Crippen molar-refractivity contribution >= 4 is 0 Å². The molecule has 0 aromatic rings. The second-order valence-electron chi connectivity index (χ2n) is 4.72. The second kappa shape index (κ2) is 3.97. The van der Waals surface area contributed by atoms with E-state index in [4.69, 9.17) is 10.5 Å². The van der Waals surface area contributed by atoms with Crippen molar-refractivity contribution in [3.05, 3.63) is 0 Å². The highest BCUT2D eigenvalue weighted by Gasteiger charge is 2.32. The summed E-state index contributed by atoms with van der Waals surface area (Å²) in [5.41, 5.74) is 6.20. The van der Waals surface area contributed by atoms with Gasteiger partial charge in [0.1, 0.15) is 0 Å². The first kappa shape index (κ1) is 9.47. The van der Waals surface area contributed by atoms with Gasteiger partial charge in [0.2, 0.25) is 0 Å². The Morgan fingerprint density at radius 2 is 2.15 bits per heavy atom. The predicted molar refractivity (Wildman–Crippen MR) is 53.5 cm³/mol. The lowest BCUT2D eigenvalue weighted by molar-refractivity contribution is 0.0944. The van der Waals surface area contributed by atoms with E-state index in [0.717, 1.165) is 12.5 Å². The van der Waals surface area contributed by atoms with Crippen LogP contribution in [-0.4, -0.2) is 18.8 Å². The molecule has 2 heteroatoms. The summed E-state index contributed by atoms with van der Waals surface area (Å²) < 4.78 is 5.54. The highest BCUT2D eigenvalue weighted by molar-refractivity contribution is 4.85. The van der Waals surface area contributed by atoms with E-state index >= 15 is 0 Å². The van der Waals surface area contributed by atoms with Crippen molar-refractivity contribution in [1.82, 2.24) is 0 Å². The molecule has 0 spiro atoms. The normalized spacial score (nSPS) is 37.4. The topological polar surface area (TPSA) is 35.2 Å². The molecule has 1 aliphatic carbocycles. The number of hydrogen-bond acceptors (Lipinski definition) is 2. The molecular weight excluding hydrogens is 162 g/mol. The van der Waals surface area contributed by atoms with Crippen molar-refractivity contribution in [2.24, 2.45) is 17.6 Å². The molecule has 2 rings (SSSR count). The molecule has 1 aliphatic heterocycles. The summed E-state index contributed by atoms with van der Waals surface area (Å²) in [6.07, 6.45) is 7.06. The Morgan fingerprint density at radius 3 is 2.62 bits per heavy atom. The summed E-state index contributed by atoms with van der Waals surface area (Å²) in [5.74, 6) is 1.56. The molecule has 0 aromatic carbocycles. The zero-order valence-corrected chi connectivity index (χ0v) is 8.54. The van der Waals surface area contributed by atoms with Gasteiger partial charge >= 0.3 is 0 Å². The molecule has 1 heterocycles. The molecule has 2 aliphatic rings. The van der Waals surface area contributed by atoms with Crippen LogP contribution in [-0.2, 0) is 4.74 Å². The first-order chi connectivity index (χ1) is 6.27. The van der Waals surface area contributed by atoms with E-state index in [2.05, 4.69) is 6.92 Å². The van der Waals surface area contributed by atoms with Gasteiger partial charge in [-0.2, -0.15) is 0 Å². The summed E-state index contributed by atoms with van der Waals surface area (Å²) >= 11 is 0. The molecule has 0 radical (unpaired) electrons. The first-order valence-corrected chi connectivity index (χ1v) is 5.64. The summed E-state index contributed by atoms with van der Waals surface area (Å²) in [4.78, 5) is 0. The third-order valence-electron chi connectivity index (χ3n) is 3.82. The molecule has 13 heavy (non-hydrogen) atoms. The number of ether oxygens (including phenoxy) is 1. The Bertz CT molecular complexity index is 167. The predicted octanol–water partition coefficient (Wildman–Crippen LogP) is 1.93.